The molecule has 0 spiro atoms. The molecule has 0 radical (unpaired) electrons. The Morgan fingerprint density at radius 2 is 1.93 bits per heavy atom. The van der Waals surface area contributed by atoms with E-state index in [1.54, 1.807) is 12.1 Å². The van der Waals surface area contributed by atoms with Crippen LogP contribution in [0.25, 0.3) is 0 Å². The Balaban J connectivity index is 2.46. The predicted octanol–water partition coefficient (Wildman–Crippen LogP) is 1.15. The van der Waals surface area contributed by atoms with Gasteiger partial charge in [-0.3, -0.25) is 0 Å². The molecule has 0 aliphatic heterocycles. The maximum Gasteiger partial charge on any atom is 0.334 e. The summed E-state index contributed by atoms with van der Waals surface area (Å²) >= 11 is 0. The molecule has 0 amide bonds. The number of carbonyl (C=O) groups is 1. The van der Waals surface area contributed by atoms with Gasteiger partial charge in [0.25, 0.3) is 0 Å². The van der Waals surface area contributed by atoms with Crippen LogP contribution in [-0.4, -0.2) is 31.8 Å². The van der Waals surface area contributed by atoms with Gasteiger partial charge in [0, 0.05) is 19.8 Å². The molecular formula is C10H13NO4. The summed E-state index contributed by atoms with van der Waals surface area (Å²) in [6.07, 6.45) is 0. The van der Waals surface area contributed by atoms with E-state index in [-0.39, 0.29) is 0 Å². The van der Waals surface area contributed by atoms with Gasteiger partial charge in [0.15, 0.2) is 12.4 Å². The smallest absolute Gasteiger partial charge is 0.334 e. The maximum atomic E-state index is 10.1. The fourth-order valence-corrected chi connectivity index (χ4v) is 0.948. The predicted molar refractivity (Wildman–Crippen MR) is 55.0 cm³/mol. The Labute approximate surface area is 87.8 Å². The molecule has 0 saturated heterocycles. The topological polar surface area (TPSA) is 59.0 Å². The van der Waals surface area contributed by atoms with Crippen LogP contribution in [0.5, 0.6) is 5.75 Å². The van der Waals surface area contributed by atoms with Gasteiger partial charge in [-0.1, -0.05) is 0 Å². The summed E-state index contributed by atoms with van der Waals surface area (Å²) in [4.78, 5) is 21.3. The molecule has 1 aromatic rings. The fraction of sp³-hybridized carbons (Fsp3) is 0.300. The zero-order valence-corrected chi connectivity index (χ0v) is 8.64. The van der Waals surface area contributed by atoms with Gasteiger partial charge in [0.05, 0.1) is 0 Å². The molecule has 0 saturated carbocycles. The van der Waals surface area contributed by atoms with Crippen molar-refractivity contribution in [1.29, 1.82) is 0 Å². The largest absolute Gasteiger partial charge is 0.479 e. The molecule has 0 aliphatic carbocycles. The average Bonchev–Trinajstić information content (AvgIpc) is 2.18. The highest BCUT2D eigenvalue weighted by Crippen LogP contribution is 2.17. The second-order valence-corrected chi connectivity index (χ2v) is 3.13. The van der Waals surface area contributed by atoms with Crippen molar-refractivity contribution in [2.24, 2.45) is 0 Å². The third kappa shape index (κ3) is 3.86. The lowest BCUT2D eigenvalue weighted by Crippen LogP contribution is -2.10. The SMILES string of the molecule is CN(C)c1ccc(OOCC(=O)O)cc1. The number of hydrogen-bond donors (Lipinski definition) is 1. The fourth-order valence-electron chi connectivity index (χ4n) is 0.948. The molecule has 1 aromatic carbocycles. The van der Waals surface area contributed by atoms with Gasteiger partial charge in [-0.15, -0.1) is 0 Å². The molecule has 82 valence electrons. The minimum atomic E-state index is -1.07. The molecule has 0 bridgehead atoms. The third-order valence-corrected chi connectivity index (χ3v) is 1.69. The number of nitrogens with zero attached hydrogens (tertiary/aromatic N) is 1. The first-order valence-electron chi connectivity index (χ1n) is 4.38. The van der Waals surface area contributed by atoms with Crippen molar-refractivity contribution < 1.29 is 19.7 Å². The van der Waals surface area contributed by atoms with Crippen molar-refractivity contribution >= 4 is 11.7 Å². The van der Waals surface area contributed by atoms with E-state index in [0.29, 0.717) is 5.75 Å². The summed E-state index contributed by atoms with van der Waals surface area (Å²) in [7, 11) is 3.85. The Bertz CT molecular complexity index is 321. The molecule has 1 N–H and O–H groups in total. The van der Waals surface area contributed by atoms with E-state index in [9.17, 15) is 4.79 Å². The lowest BCUT2D eigenvalue weighted by molar-refractivity contribution is -0.213. The molecule has 0 fully saturated rings. The van der Waals surface area contributed by atoms with E-state index in [2.05, 4.69) is 4.89 Å². The second kappa shape index (κ2) is 5.21. The summed E-state index contributed by atoms with van der Waals surface area (Å²) in [6.45, 7) is -0.477. The number of hydrogen-bond acceptors (Lipinski definition) is 4. The van der Waals surface area contributed by atoms with E-state index in [1.807, 2.05) is 31.1 Å². The van der Waals surface area contributed by atoms with Crippen molar-refractivity contribution in [2.45, 2.75) is 0 Å². The summed E-state index contributed by atoms with van der Waals surface area (Å²) < 4.78 is 0. The molecule has 0 unspecified atom stereocenters. The van der Waals surface area contributed by atoms with Gasteiger partial charge in [-0.2, -0.15) is 4.89 Å². The number of anilines is 1. The van der Waals surface area contributed by atoms with Crippen LogP contribution in [0.15, 0.2) is 24.3 Å². The van der Waals surface area contributed by atoms with Crippen LogP contribution in [0, 0.1) is 0 Å². The van der Waals surface area contributed by atoms with E-state index in [4.69, 9.17) is 9.99 Å². The van der Waals surface area contributed by atoms with Crippen LogP contribution in [0.2, 0.25) is 0 Å². The van der Waals surface area contributed by atoms with Gasteiger partial charge >= 0.3 is 5.97 Å². The van der Waals surface area contributed by atoms with Crippen molar-refractivity contribution in [3.8, 4) is 5.75 Å². The average molecular weight is 211 g/mol. The number of benzene rings is 1. The maximum absolute atomic E-state index is 10.1. The molecule has 0 heterocycles. The molecule has 0 atom stereocenters. The number of rotatable bonds is 5. The molecule has 15 heavy (non-hydrogen) atoms. The first kappa shape index (κ1) is 11.3. The lowest BCUT2D eigenvalue weighted by Gasteiger charge is -2.12. The van der Waals surface area contributed by atoms with E-state index in [1.165, 1.54) is 0 Å². The van der Waals surface area contributed by atoms with Gasteiger partial charge in [-0.05, 0) is 24.3 Å². The summed E-state index contributed by atoms with van der Waals surface area (Å²) in [5.74, 6) is -0.596. The molecule has 5 heteroatoms. The first-order valence-corrected chi connectivity index (χ1v) is 4.38. The van der Waals surface area contributed by atoms with Gasteiger partial charge in [-0.25, -0.2) is 4.79 Å². The zero-order chi connectivity index (χ0) is 11.3. The Kier molecular flexibility index (Phi) is 3.93. The van der Waals surface area contributed by atoms with Crippen LogP contribution in [-0.2, 0) is 9.68 Å². The van der Waals surface area contributed by atoms with Crippen LogP contribution in [0.3, 0.4) is 0 Å². The lowest BCUT2D eigenvalue weighted by atomic mass is 10.3. The number of carboxylic acid groups (broad SMARTS) is 1. The summed E-state index contributed by atoms with van der Waals surface area (Å²) in [5, 5.41) is 8.30. The Hall–Kier alpha value is -1.75. The van der Waals surface area contributed by atoms with Crippen LogP contribution < -0.4 is 9.79 Å². The minimum Gasteiger partial charge on any atom is -0.479 e. The van der Waals surface area contributed by atoms with E-state index in [0.717, 1.165) is 5.69 Å². The molecule has 1 rings (SSSR count). The molecule has 5 nitrogen and oxygen atoms in total. The Morgan fingerprint density at radius 3 is 2.40 bits per heavy atom. The van der Waals surface area contributed by atoms with Crippen molar-refractivity contribution in [3.05, 3.63) is 24.3 Å². The molecule has 0 aromatic heterocycles. The normalized spacial score (nSPS) is 9.73. The number of aliphatic carboxylic acids is 1. The molecule has 0 aliphatic rings. The first-order chi connectivity index (χ1) is 7.09. The second-order valence-electron chi connectivity index (χ2n) is 3.13. The minimum absolute atomic E-state index is 0.474. The van der Waals surface area contributed by atoms with Crippen molar-refractivity contribution in [3.63, 3.8) is 0 Å². The van der Waals surface area contributed by atoms with E-state index < -0.39 is 12.6 Å². The Morgan fingerprint density at radius 1 is 1.33 bits per heavy atom. The van der Waals surface area contributed by atoms with Gasteiger partial charge < -0.3 is 14.9 Å². The molecular weight excluding hydrogens is 198 g/mol. The van der Waals surface area contributed by atoms with Gasteiger partial charge in [0.2, 0.25) is 0 Å². The highest BCUT2D eigenvalue weighted by Gasteiger charge is 2.00. The third-order valence-electron chi connectivity index (χ3n) is 1.69. The standard InChI is InChI=1S/C10H13NO4/c1-11(2)8-3-5-9(6-4-8)15-14-7-10(12)13/h3-6H,7H2,1-2H3,(H,12,13). The number of carboxylic acids is 1. The van der Waals surface area contributed by atoms with Crippen LogP contribution in [0.1, 0.15) is 0 Å². The highest BCUT2D eigenvalue weighted by atomic mass is 17.2. The van der Waals surface area contributed by atoms with Crippen molar-refractivity contribution in [2.75, 3.05) is 25.6 Å². The quantitative estimate of drug-likeness (QED) is 0.584. The highest BCUT2D eigenvalue weighted by molar-refractivity contribution is 5.67. The summed E-state index contributed by atoms with van der Waals surface area (Å²) in [5.41, 5.74) is 1.03. The van der Waals surface area contributed by atoms with Crippen LogP contribution in [0.4, 0.5) is 5.69 Å². The monoisotopic (exact) mass is 211 g/mol. The summed E-state index contributed by atoms with van der Waals surface area (Å²) in [6, 6.07) is 7.10. The zero-order valence-electron chi connectivity index (χ0n) is 8.64. The van der Waals surface area contributed by atoms with Crippen LogP contribution >= 0.6 is 0 Å². The van der Waals surface area contributed by atoms with E-state index >= 15 is 0 Å². The van der Waals surface area contributed by atoms with Crippen molar-refractivity contribution in [1.82, 2.24) is 0 Å². The van der Waals surface area contributed by atoms with Gasteiger partial charge in [0.1, 0.15) is 0 Å².